The molecular weight excluding hydrogens is 359 g/mol. The van der Waals surface area contributed by atoms with Gasteiger partial charge in [-0.25, -0.2) is 0 Å². The highest BCUT2D eigenvalue weighted by molar-refractivity contribution is 7.00. The van der Waals surface area contributed by atoms with E-state index in [1.807, 2.05) is 32.9 Å². The fourth-order valence-electron chi connectivity index (χ4n) is 3.37. The highest BCUT2D eigenvalue weighted by atomic mass is 31.0. The minimum atomic E-state index is -0.163. The molecule has 0 fully saturated rings. The van der Waals surface area contributed by atoms with Crippen molar-refractivity contribution in [3.05, 3.63) is 82.4 Å². The summed E-state index contributed by atoms with van der Waals surface area (Å²) in [6.07, 6.45) is 0. The Morgan fingerprint density at radius 3 is 1.96 bits per heavy atom. The predicted octanol–water partition coefficient (Wildman–Crippen LogP) is 5.40. The number of hydrogen-bond acceptors (Lipinski definition) is 4. The Labute approximate surface area is 160 Å². The highest BCUT2D eigenvalue weighted by Crippen LogP contribution is 2.39. The van der Waals surface area contributed by atoms with Gasteiger partial charge in [-0.2, -0.15) is 0 Å². The summed E-state index contributed by atoms with van der Waals surface area (Å²) >= 11 is 0. The maximum Gasteiger partial charge on any atom is 0.194 e. The maximum absolute atomic E-state index is 13.3. The van der Waals surface area contributed by atoms with Crippen molar-refractivity contribution in [1.29, 1.82) is 0 Å². The molecular formula is C22H21O4P. The monoisotopic (exact) mass is 380 g/mol. The number of carbonyl (C=O) groups is 1. The molecule has 0 atom stereocenters. The van der Waals surface area contributed by atoms with E-state index in [2.05, 4.69) is 0 Å². The molecule has 0 amide bonds. The molecule has 0 spiro atoms. The van der Waals surface area contributed by atoms with Crippen LogP contribution in [0.4, 0.5) is 0 Å². The van der Waals surface area contributed by atoms with Crippen LogP contribution in [-0.2, 0) is 4.57 Å². The zero-order valence-electron chi connectivity index (χ0n) is 15.4. The number of para-hydroxylation sites is 1. The number of aryl methyl sites for hydroxylation is 3. The van der Waals surface area contributed by atoms with Crippen LogP contribution in [-0.4, -0.2) is 16.0 Å². The number of hydrogen-bond donors (Lipinski definition) is 2. The zero-order valence-corrected chi connectivity index (χ0v) is 16.4. The molecule has 27 heavy (non-hydrogen) atoms. The van der Waals surface area contributed by atoms with Crippen LogP contribution in [0.2, 0.25) is 0 Å². The van der Waals surface area contributed by atoms with E-state index in [0.717, 1.165) is 16.7 Å². The van der Waals surface area contributed by atoms with Crippen LogP contribution < -0.4 is 0 Å². The van der Waals surface area contributed by atoms with Gasteiger partial charge in [-0.3, -0.25) is 9.36 Å². The molecule has 0 saturated carbocycles. The molecule has 0 heterocycles. The standard InChI is InChI=1S/C22H20O3.HOP/c1-13-11-14(2)20(15(3)12-13)22(25)17-8-6-10-19(24)21(17)16-7-4-5-9-18(16)23;1-2/h4-12,23-24H,1-3H3;2H. The van der Waals surface area contributed by atoms with Gasteiger partial charge < -0.3 is 10.2 Å². The van der Waals surface area contributed by atoms with E-state index in [9.17, 15) is 15.0 Å². The number of phenols is 2. The summed E-state index contributed by atoms with van der Waals surface area (Å²) < 4.78 is 8.06. The first kappa shape index (κ1) is 20.3. The van der Waals surface area contributed by atoms with Gasteiger partial charge in [0.05, 0.1) is 0 Å². The van der Waals surface area contributed by atoms with E-state index < -0.39 is 0 Å². The Balaban J connectivity index is 0.00000126. The van der Waals surface area contributed by atoms with Gasteiger partial charge in [-0.1, -0.05) is 48.0 Å². The topological polar surface area (TPSA) is 74.6 Å². The summed E-state index contributed by atoms with van der Waals surface area (Å²) in [5, 5.41) is 20.6. The van der Waals surface area contributed by atoms with Gasteiger partial charge in [-0.05, 0) is 44.0 Å². The first-order valence-electron chi connectivity index (χ1n) is 8.33. The largest absolute Gasteiger partial charge is 0.507 e. The van der Waals surface area contributed by atoms with Crippen molar-refractivity contribution in [1.82, 2.24) is 0 Å². The maximum atomic E-state index is 13.3. The van der Waals surface area contributed by atoms with Crippen molar-refractivity contribution >= 4 is 14.9 Å². The van der Waals surface area contributed by atoms with Crippen molar-refractivity contribution in [2.75, 3.05) is 0 Å². The second-order valence-electron chi connectivity index (χ2n) is 6.32. The molecule has 0 aliphatic carbocycles. The normalized spacial score (nSPS) is 10.0. The summed E-state index contributed by atoms with van der Waals surface area (Å²) in [4.78, 5) is 13.3. The number of benzene rings is 3. The smallest absolute Gasteiger partial charge is 0.194 e. The third-order valence-corrected chi connectivity index (χ3v) is 4.36. The molecule has 4 nitrogen and oxygen atoms in total. The molecule has 0 radical (unpaired) electrons. The first-order chi connectivity index (χ1) is 12.9. The second-order valence-corrected chi connectivity index (χ2v) is 6.32. The van der Waals surface area contributed by atoms with Crippen LogP contribution in [0.1, 0.15) is 32.6 Å². The quantitative estimate of drug-likeness (QED) is 0.471. The molecule has 0 aromatic heterocycles. The van der Waals surface area contributed by atoms with Crippen molar-refractivity contribution in [2.24, 2.45) is 0 Å². The average Bonchev–Trinajstić information content (AvgIpc) is 2.63. The summed E-state index contributed by atoms with van der Waals surface area (Å²) in [6.45, 7) is 5.82. The second kappa shape index (κ2) is 8.61. The van der Waals surface area contributed by atoms with E-state index in [1.54, 1.807) is 45.5 Å². The minimum absolute atomic E-state index is 0.0235. The third-order valence-electron chi connectivity index (χ3n) is 4.36. The Morgan fingerprint density at radius 1 is 0.815 bits per heavy atom. The van der Waals surface area contributed by atoms with Gasteiger partial charge in [0, 0.05) is 22.3 Å². The van der Waals surface area contributed by atoms with Crippen molar-refractivity contribution in [2.45, 2.75) is 20.8 Å². The number of phenolic OH excluding ortho intramolecular Hbond substituents is 2. The average molecular weight is 380 g/mol. The van der Waals surface area contributed by atoms with Gasteiger partial charge in [0.25, 0.3) is 0 Å². The predicted molar refractivity (Wildman–Crippen MR) is 108 cm³/mol. The van der Waals surface area contributed by atoms with Gasteiger partial charge in [0.1, 0.15) is 20.6 Å². The Morgan fingerprint density at radius 2 is 1.37 bits per heavy atom. The third kappa shape index (κ3) is 4.07. The number of carbonyl (C=O) groups excluding carboxylic acids is 1. The van der Waals surface area contributed by atoms with Crippen LogP contribution in [0.15, 0.2) is 54.6 Å². The summed E-state index contributed by atoms with van der Waals surface area (Å²) in [5.74, 6) is -0.172. The van der Waals surface area contributed by atoms with Crippen LogP contribution in [0.3, 0.4) is 0 Å². The lowest BCUT2D eigenvalue weighted by Gasteiger charge is -2.15. The lowest BCUT2D eigenvalue weighted by Crippen LogP contribution is -2.08. The lowest BCUT2D eigenvalue weighted by atomic mass is 9.88. The van der Waals surface area contributed by atoms with Crippen LogP contribution in [0, 0.1) is 20.8 Å². The van der Waals surface area contributed by atoms with Crippen LogP contribution >= 0.6 is 9.12 Å². The fourth-order valence-corrected chi connectivity index (χ4v) is 3.37. The Hall–Kier alpha value is -2.97. The molecule has 0 aliphatic rings. The molecule has 3 aromatic carbocycles. The van der Waals surface area contributed by atoms with E-state index in [4.69, 9.17) is 4.57 Å². The van der Waals surface area contributed by atoms with Gasteiger partial charge in [0.15, 0.2) is 5.78 Å². The molecule has 0 bridgehead atoms. The zero-order chi connectivity index (χ0) is 20.1. The van der Waals surface area contributed by atoms with Crippen LogP contribution in [0.5, 0.6) is 11.5 Å². The Bertz CT molecular complexity index is 972. The summed E-state index contributed by atoms with van der Waals surface area (Å²) in [7, 11) is 1.72. The van der Waals surface area contributed by atoms with Gasteiger partial charge in [0.2, 0.25) is 0 Å². The number of aromatic hydroxyl groups is 2. The number of ketones is 1. The molecule has 3 rings (SSSR count). The van der Waals surface area contributed by atoms with Gasteiger partial charge >= 0.3 is 0 Å². The van der Waals surface area contributed by atoms with Crippen molar-refractivity contribution in [3.63, 3.8) is 0 Å². The van der Waals surface area contributed by atoms with Crippen LogP contribution in [0.25, 0.3) is 11.1 Å². The molecule has 138 valence electrons. The molecule has 0 aliphatic heterocycles. The number of rotatable bonds is 3. The molecule has 0 unspecified atom stereocenters. The molecule has 0 saturated heterocycles. The van der Waals surface area contributed by atoms with E-state index in [0.29, 0.717) is 22.3 Å². The van der Waals surface area contributed by atoms with Crippen molar-refractivity contribution in [3.8, 4) is 22.6 Å². The highest BCUT2D eigenvalue weighted by Gasteiger charge is 2.22. The summed E-state index contributed by atoms with van der Waals surface area (Å²) in [6, 6.07) is 15.5. The van der Waals surface area contributed by atoms with E-state index >= 15 is 0 Å². The van der Waals surface area contributed by atoms with Crippen molar-refractivity contribution < 1.29 is 19.6 Å². The minimum Gasteiger partial charge on any atom is -0.507 e. The Kier molecular flexibility index (Phi) is 6.49. The molecule has 5 heteroatoms. The molecule has 2 N–H and O–H groups in total. The molecule has 3 aromatic rings. The lowest BCUT2D eigenvalue weighted by molar-refractivity contribution is 0.103. The SMILES string of the molecule is Cc1cc(C)c(C(=O)c2cccc(O)c2-c2ccccc2O)c(C)c1.O=P. The van der Waals surface area contributed by atoms with E-state index in [1.165, 1.54) is 6.07 Å². The van der Waals surface area contributed by atoms with Gasteiger partial charge in [-0.15, -0.1) is 0 Å². The first-order valence-corrected chi connectivity index (χ1v) is 8.74. The fraction of sp³-hybridized carbons (Fsp3) is 0.136. The van der Waals surface area contributed by atoms with E-state index in [-0.39, 0.29) is 17.3 Å². The summed E-state index contributed by atoms with van der Waals surface area (Å²) in [5.41, 5.74) is 4.69.